The Hall–Kier alpha value is 0.0500. The van der Waals surface area contributed by atoms with Crippen LogP contribution in [-0.2, 0) is 0 Å². The first-order valence-corrected chi connectivity index (χ1v) is 9.06. The maximum atomic E-state index is 10.6. The van der Waals surface area contributed by atoms with Crippen LogP contribution in [0.15, 0.2) is 17.6 Å². The van der Waals surface area contributed by atoms with Gasteiger partial charge in [-0.25, -0.2) is 0 Å². The molecule has 0 saturated heterocycles. The van der Waals surface area contributed by atoms with Crippen molar-refractivity contribution in [3.63, 3.8) is 0 Å². The topological polar surface area (TPSA) is 47.9 Å². The summed E-state index contributed by atoms with van der Waals surface area (Å²) in [7, 11) is 2.05. The van der Waals surface area contributed by atoms with Crippen molar-refractivity contribution >= 4 is 41.7 Å². The monoisotopic (exact) mass is 441 g/mol. The summed E-state index contributed by atoms with van der Waals surface area (Å²) < 4.78 is 0. The van der Waals surface area contributed by atoms with Gasteiger partial charge in [-0.1, -0.05) is 13.0 Å². The number of nitrogens with one attached hydrogen (secondary N) is 1. The number of hydrogen-bond acceptors (Lipinski definition) is 3. The third-order valence-corrected chi connectivity index (χ3v) is 5.32. The number of nitrogens with zero attached hydrogens (tertiary/aromatic N) is 2. The normalized spacial score (nSPS) is 24.2. The van der Waals surface area contributed by atoms with Gasteiger partial charge in [-0.05, 0) is 38.4 Å². The van der Waals surface area contributed by atoms with Crippen molar-refractivity contribution < 1.29 is 5.11 Å². The molecule has 0 bridgehead atoms. The zero-order chi connectivity index (χ0) is 15.7. The lowest BCUT2D eigenvalue weighted by Crippen LogP contribution is -2.53. The summed E-state index contributed by atoms with van der Waals surface area (Å²) in [5.74, 6) is 1.94. The molecule has 0 aromatic carbocycles. The lowest BCUT2D eigenvalue weighted by Gasteiger charge is -2.44. The van der Waals surface area contributed by atoms with Gasteiger partial charge in [-0.15, -0.1) is 30.6 Å². The molecule has 1 aliphatic carbocycles. The van der Waals surface area contributed by atoms with E-state index in [1.165, 1.54) is 0 Å². The molecule has 0 amide bonds. The summed E-state index contributed by atoms with van der Waals surface area (Å²) in [6, 6.07) is 0. The fourth-order valence-electron chi connectivity index (χ4n) is 2.48. The van der Waals surface area contributed by atoms with Crippen LogP contribution in [0.25, 0.3) is 0 Å². The molecule has 22 heavy (non-hydrogen) atoms. The Balaban J connectivity index is 0.00000441. The molecular formula is C16H32IN3OS. The first-order valence-electron chi connectivity index (χ1n) is 8.01. The number of rotatable bonds is 9. The maximum absolute atomic E-state index is 10.6. The lowest BCUT2D eigenvalue weighted by atomic mass is 9.79. The highest BCUT2D eigenvalue weighted by Gasteiger charge is 2.45. The van der Waals surface area contributed by atoms with Crippen molar-refractivity contribution in [2.45, 2.75) is 50.4 Å². The highest BCUT2D eigenvalue weighted by atomic mass is 127. The van der Waals surface area contributed by atoms with Gasteiger partial charge in [0.15, 0.2) is 5.96 Å². The summed E-state index contributed by atoms with van der Waals surface area (Å²) in [6.07, 6.45) is 6.01. The van der Waals surface area contributed by atoms with Gasteiger partial charge in [0.05, 0.1) is 12.1 Å². The van der Waals surface area contributed by atoms with Gasteiger partial charge < -0.3 is 15.3 Å². The molecule has 2 N–H and O–H groups in total. The van der Waals surface area contributed by atoms with E-state index in [9.17, 15) is 5.11 Å². The number of aliphatic hydroxyl groups is 1. The van der Waals surface area contributed by atoms with Crippen molar-refractivity contribution in [3.8, 4) is 0 Å². The molecule has 1 saturated carbocycles. The Labute approximate surface area is 157 Å². The first kappa shape index (κ1) is 22.1. The average Bonchev–Trinajstić information content (AvgIpc) is 2.47. The molecule has 6 heteroatoms. The fourth-order valence-corrected chi connectivity index (χ4v) is 3.67. The van der Waals surface area contributed by atoms with Crippen LogP contribution in [0.3, 0.4) is 0 Å². The number of aliphatic imine (C=N–C) groups is 1. The lowest BCUT2D eigenvalue weighted by molar-refractivity contribution is -0.0156. The Kier molecular flexibility index (Phi) is 11.6. The Morgan fingerprint density at radius 3 is 2.77 bits per heavy atom. The van der Waals surface area contributed by atoms with E-state index in [1.807, 2.05) is 24.9 Å². The van der Waals surface area contributed by atoms with Gasteiger partial charge >= 0.3 is 0 Å². The molecule has 4 nitrogen and oxygen atoms in total. The second-order valence-corrected chi connectivity index (χ2v) is 7.09. The molecule has 2 atom stereocenters. The largest absolute Gasteiger partial charge is 0.387 e. The van der Waals surface area contributed by atoms with Gasteiger partial charge in [0.2, 0.25) is 0 Å². The van der Waals surface area contributed by atoms with Gasteiger partial charge in [-0.3, -0.25) is 4.99 Å². The molecule has 0 aromatic heterocycles. The van der Waals surface area contributed by atoms with Gasteiger partial charge in [0, 0.05) is 25.4 Å². The van der Waals surface area contributed by atoms with E-state index in [-0.39, 0.29) is 24.0 Å². The predicted molar refractivity (Wildman–Crippen MR) is 110 cm³/mol. The van der Waals surface area contributed by atoms with Gasteiger partial charge in [0.1, 0.15) is 0 Å². The highest BCUT2D eigenvalue weighted by Crippen LogP contribution is 2.41. The van der Waals surface area contributed by atoms with Crippen LogP contribution in [0, 0.1) is 0 Å². The molecule has 0 aromatic rings. The van der Waals surface area contributed by atoms with Gasteiger partial charge in [0.25, 0.3) is 0 Å². The molecule has 0 spiro atoms. The van der Waals surface area contributed by atoms with E-state index in [0.717, 1.165) is 50.5 Å². The van der Waals surface area contributed by atoms with E-state index in [4.69, 9.17) is 0 Å². The second-order valence-electron chi connectivity index (χ2n) is 5.61. The molecule has 1 fully saturated rings. The predicted octanol–water partition coefficient (Wildman–Crippen LogP) is 3.11. The van der Waals surface area contributed by atoms with E-state index < -0.39 is 5.60 Å². The third kappa shape index (κ3) is 6.66. The Bertz CT molecular complexity index is 354. The smallest absolute Gasteiger partial charge is 0.193 e. The van der Waals surface area contributed by atoms with E-state index in [2.05, 4.69) is 35.6 Å². The van der Waals surface area contributed by atoms with Crippen molar-refractivity contribution in [2.24, 2.45) is 4.99 Å². The molecule has 0 heterocycles. The zero-order valence-electron chi connectivity index (χ0n) is 14.2. The number of thioether (sulfide) groups is 1. The van der Waals surface area contributed by atoms with E-state index in [0.29, 0.717) is 11.8 Å². The molecule has 2 unspecified atom stereocenters. The van der Waals surface area contributed by atoms with Crippen LogP contribution in [0.4, 0.5) is 0 Å². The number of hydrogen-bond donors (Lipinski definition) is 2. The number of guanidine groups is 1. The van der Waals surface area contributed by atoms with Gasteiger partial charge in [-0.2, -0.15) is 11.8 Å². The minimum atomic E-state index is -0.608. The second kappa shape index (κ2) is 11.6. The molecule has 1 rings (SSSR count). The van der Waals surface area contributed by atoms with Crippen LogP contribution >= 0.6 is 35.7 Å². The quantitative estimate of drug-likeness (QED) is 0.190. The van der Waals surface area contributed by atoms with Crippen LogP contribution < -0.4 is 5.32 Å². The van der Waals surface area contributed by atoms with Crippen molar-refractivity contribution in [3.05, 3.63) is 12.7 Å². The summed E-state index contributed by atoms with van der Waals surface area (Å²) >= 11 is 1.85. The zero-order valence-corrected chi connectivity index (χ0v) is 17.3. The average molecular weight is 441 g/mol. The summed E-state index contributed by atoms with van der Waals surface area (Å²) in [5, 5.41) is 14.3. The third-order valence-electron chi connectivity index (χ3n) is 3.91. The van der Waals surface area contributed by atoms with Crippen molar-refractivity contribution in [1.29, 1.82) is 0 Å². The van der Waals surface area contributed by atoms with E-state index in [1.54, 1.807) is 0 Å². The molecule has 0 radical (unpaired) electrons. The SMILES string of the molecule is C=CCCCN(C)C(=NCC1(O)CCC1SCC)NCC.I. The minimum absolute atomic E-state index is 0. The Morgan fingerprint density at radius 2 is 2.27 bits per heavy atom. The molecular weight excluding hydrogens is 409 g/mol. The maximum Gasteiger partial charge on any atom is 0.193 e. The summed E-state index contributed by atoms with van der Waals surface area (Å²) in [5.41, 5.74) is -0.608. The van der Waals surface area contributed by atoms with E-state index >= 15 is 0 Å². The molecule has 0 aliphatic heterocycles. The number of halogens is 1. The van der Waals surface area contributed by atoms with Crippen LogP contribution in [-0.4, -0.2) is 59.3 Å². The fraction of sp³-hybridized carbons (Fsp3) is 0.812. The standard InChI is InChI=1S/C16H31N3OS.HI/c1-5-8-9-12-19(4)15(17-6-2)18-13-16(20)11-10-14(16)21-7-3;/h5,14,20H,1,6-13H2,2-4H3,(H,17,18);1H. The van der Waals surface area contributed by atoms with Crippen LogP contribution in [0.2, 0.25) is 0 Å². The molecule has 1 aliphatic rings. The van der Waals surface area contributed by atoms with Crippen molar-refractivity contribution in [2.75, 3.05) is 32.4 Å². The van der Waals surface area contributed by atoms with Crippen molar-refractivity contribution in [1.82, 2.24) is 10.2 Å². The summed E-state index contributed by atoms with van der Waals surface area (Å²) in [4.78, 5) is 6.80. The summed E-state index contributed by atoms with van der Waals surface area (Å²) in [6.45, 7) is 10.3. The Morgan fingerprint density at radius 1 is 1.55 bits per heavy atom. The number of allylic oxidation sites excluding steroid dienone is 1. The van der Waals surface area contributed by atoms with Crippen LogP contribution in [0.1, 0.15) is 39.5 Å². The minimum Gasteiger partial charge on any atom is -0.387 e. The number of unbranched alkanes of at least 4 members (excludes halogenated alkanes) is 1. The van der Waals surface area contributed by atoms with Crippen LogP contribution in [0.5, 0.6) is 0 Å². The highest BCUT2D eigenvalue weighted by molar-refractivity contribution is 14.0. The first-order chi connectivity index (χ1) is 10.1. The molecule has 130 valence electrons.